The van der Waals surface area contributed by atoms with E-state index in [2.05, 4.69) is 55.4 Å². The molecular weight excluding hydrogens is 244 g/mol. The van der Waals surface area contributed by atoms with Crippen LogP contribution in [-0.4, -0.2) is 9.55 Å². The molecule has 2 nitrogen and oxygen atoms in total. The van der Waals surface area contributed by atoms with Crippen molar-refractivity contribution in [3.05, 3.63) is 29.6 Å². The van der Waals surface area contributed by atoms with E-state index in [9.17, 15) is 0 Å². The second kappa shape index (κ2) is 4.93. The van der Waals surface area contributed by atoms with Gasteiger partial charge in [0.25, 0.3) is 0 Å². The molecule has 0 unspecified atom stereocenters. The maximum Gasteiger partial charge on any atom is 0.124 e. The van der Waals surface area contributed by atoms with Crippen LogP contribution in [0.15, 0.2) is 18.2 Å². The van der Waals surface area contributed by atoms with Gasteiger partial charge in [-0.3, -0.25) is 0 Å². The number of rotatable bonds is 4. The van der Waals surface area contributed by atoms with Gasteiger partial charge in [0.15, 0.2) is 0 Å². The van der Waals surface area contributed by atoms with Gasteiger partial charge in [0.05, 0.1) is 16.9 Å². The van der Waals surface area contributed by atoms with Crippen LogP contribution in [0.5, 0.6) is 0 Å². The summed E-state index contributed by atoms with van der Waals surface area (Å²) < 4.78 is 2.27. The molecule has 3 heteroatoms. The SMILES string of the molecule is CCC(C)(C)Cn1c(CCl)nc2cc(C)ccc21. The summed E-state index contributed by atoms with van der Waals surface area (Å²) in [4.78, 5) is 4.64. The first kappa shape index (κ1) is 13.4. The zero-order valence-corrected chi connectivity index (χ0v) is 12.4. The Balaban J connectivity index is 2.53. The molecule has 0 aliphatic heterocycles. The van der Waals surface area contributed by atoms with E-state index >= 15 is 0 Å². The number of hydrogen-bond acceptors (Lipinski definition) is 1. The Morgan fingerprint density at radius 3 is 2.67 bits per heavy atom. The standard InChI is InChI=1S/C15H21ClN2/c1-5-15(3,4)10-18-13-7-6-11(2)8-12(13)17-14(18)9-16/h6-8H,5,9-10H2,1-4H3. The maximum absolute atomic E-state index is 6.03. The molecule has 0 saturated heterocycles. The summed E-state index contributed by atoms with van der Waals surface area (Å²) in [5.41, 5.74) is 3.75. The summed E-state index contributed by atoms with van der Waals surface area (Å²) in [6.45, 7) is 9.85. The molecule has 0 saturated carbocycles. The third-order valence-corrected chi connectivity index (χ3v) is 3.88. The summed E-state index contributed by atoms with van der Waals surface area (Å²) in [5, 5.41) is 0. The van der Waals surface area contributed by atoms with Crippen molar-refractivity contribution >= 4 is 22.6 Å². The molecule has 0 spiro atoms. The second-order valence-electron chi connectivity index (χ2n) is 5.76. The van der Waals surface area contributed by atoms with Crippen molar-refractivity contribution in [1.29, 1.82) is 0 Å². The first-order valence-corrected chi connectivity index (χ1v) is 7.02. The molecule has 0 radical (unpaired) electrons. The van der Waals surface area contributed by atoms with Crippen molar-refractivity contribution in [2.75, 3.05) is 0 Å². The van der Waals surface area contributed by atoms with Crippen molar-refractivity contribution in [2.24, 2.45) is 5.41 Å². The van der Waals surface area contributed by atoms with E-state index in [1.165, 1.54) is 11.1 Å². The Morgan fingerprint density at radius 1 is 1.33 bits per heavy atom. The van der Waals surface area contributed by atoms with Gasteiger partial charge in [-0.2, -0.15) is 0 Å². The Kier molecular flexibility index (Phi) is 3.67. The molecule has 0 aliphatic rings. The van der Waals surface area contributed by atoms with Gasteiger partial charge >= 0.3 is 0 Å². The fourth-order valence-electron chi connectivity index (χ4n) is 2.11. The highest BCUT2D eigenvalue weighted by Crippen LogP contribution is 2.27. The minimum atomic E-state index is 0.263. The fraction of sp³-hybridized carbons (Fsp3) is 0.533. The van der Waals surface area contributed by atoms with Crippen LogP contribution in [0.4, 0.5) is 0 Å². The number of nitrogens with zero attached hydrogens (tertiary/aromatic N) is 2. The number of benzene rings is 1. The topological polar surface area (TPSA) is 17.8 Å². The number of alkyl halides is 1. The van der Waals surface area contributed by atoms with Crippen LogP contribution in [0.3, 0.4) is 0 Å². The van der Waals surface area contributed by atoms with Crippen molar-refractivity contribution in [2.45, 2.75) is 46.5 Å². The van der Waals surface area contributed by atoms with Crippen LogP contribution >= 0.6 is 11.6 Å². The maximum atomic E-state index is 6.03. The van der Waals surface area contributed by atoms with Crippen molar-refractivity contribution in [1.82, 2.24) is 9.55 Å². The largest absolute Gasteiger partial charge is 0.326 e. The summed E-state index contributed by atoms with van der Waals surface area (Å²) in [6, 6.07) is 6.41. The lowest BCUT2D eigenvalue weighted by Gasteiger charge is -2.24. The molecule has 0 aliphatic carbocycles. The molecule has 18 heavy (non-hydrogen) atoms. The minimum Gasteiger partial charge on any atom is -0.326 e. The zero-order valence-electron chi connectivity index (χ0n) is 11.6. The highest BCUT2D eigenvalue weighted by molar-refractivity contribution is 6.16. The lowest BCUT2D eigenvalue weighted by molar-refractivity contribution is 0.295. The van der Waals surface area contributed by atoms with Gasteiger partial charge in [0.2, 0.25) is 0 Å². The normalized spacial score (nSPS) is 12.3. The summed E-state index contributed by atoms with van der Waals surface area (Å²) in [7, 11) is 0. The van der Waals surface area contributed by atoms with Gasteiger partial charge in [0, 0.05) is 6.54 Å². The molecule has 0 N–H and O–H groups in total. The van der Waals surface area contributed by atoms with Crippen LogP contribution in [0, 0.1) is 12.3 Å². The highest BCUT2D eigenvalue weighted by Gasteiger charge is 2.19. The number of fused-ring (bicyclic) bond motifs is 1. The third kappa shape index (κ3) is 2.54. The molecule has 0 amide bonds. The van der Waals surface area contributed by atoms with Gasteiger partial charge < -0.3 is 4.57 Å². The predicted molar refractivity (Wildman–Crippen MR) is 78.1 cm³/mol. The van der Waals surface area contributed by atoms with E-state index in [4.69, 9.17) is 11.6 Å². The number of aromatic nitrogens is 2. The molecule has 98 valence electrons. The van der Waals surface area contributed by atoms with E-state index in [0.29, 0.717) is 5.88 Å². The number of hydrogen-bond donors (Lipinski definition) is 0. The Bertz CT molecular complexity index is 555. The van der Waals surface area contributed by atoms with Crippen LogP contribution < -0.4 is 0 Å². The average molecular weight is 265 g/mol. The fourth-order valence-corrected chi connectivity index (χ4v) is 2.31. The lowest BCUT2D eigenvalue weighted by Crippen LogP contribution is -2.19. The molecule has 0 bridgehead atoms. The highest BCUT2D eigenvalue weighted by atomic mass is 35.5. The van der Waals surface area contributed by atoms with Gasteiger partial charge in [-0.05, 0) is 36.5 Å². The Labute approximate surface area is 114 Å². The number of halogens is 1. The van der Waals surface area contributed by atoms with E-state index < -0.39 is 0 Å². The smallest absolute Gasteiger partial charge is 0.124 e. The van der Waals surface area contributed by atoms with Crippen LogP contribution in [-0.2, 0) is 12.4 Å². The van der Waals surface area contributed by atoms with E-state index in [0.717, 1.165) is 24.3 Å². The van der Waals surface area contributed by atoms with Gasteiger partial charge in [-0.15, -0.1) is 11.6 Å². The van der Waals surface area contributed by atoms with Crippen molar-refractivity contribution in [3.8, 4) is 0 Å². The molecule has 1 aromatic carbocycles. The Morgan fingerprint density at radius 2 is 2.06 bits per heavy atom. The molecule has 2 rings (SSSR count). The minimum absolute atomic E-state index is 0.263. The molecule has 0 fully saturated rings. The van der Waals surface area contributed by atoms with Crippen LogP contribution in [0.1, 0.15) is 38.6 Å². The van der Waals surface area contributed by atoms with Gasteiger partial charge in [0.1, 0.15) is 5.82 Å². The quantitative estimate of drug-likeness (QED) is 0.743. The predicted octanol–water partition coefficient (Wildman–Crippen LogP) is 4.52. The van der Waals surface area contributed by atoms with E-state index in [-0.39, 0.29) is 5.41 Å². The average Bonchev–Trinajstić information content (AvgIpc) is 2.66. The molecular formula is C15H21ClN2. The van der Waals surface area contributed by atoms with Gasteiger partial charge in [-0.1, -0.05) is 26.8 Å². The molecule has 1 aromatic heterocycles. The van der Waals surface area contributed by atoms with Crippen LogP contribution in [0.2, 0.25) is 0 Å². The monoisotopic (exact) mass is 264 g/mol. The second-order valence-corrected chi connectivity index (χ2v) is 6.03. The first-order chi connectivity index (χ1) is 8.46. The van der Waals surface area contributed by atoms with E-state index in [1.54, 1.807) is 0 Å². The molecule has 0 atom stereocenters. The number of aryl methyl sites for hydroxylation is 1. The van der Waals surface area contributed by atoms with Crippen molar-refractivity contribution in [3.63, 3.8) is 0 Å². The lowest BCUT2D eigenvalue weighted by atomic mass is 9.90. The van der Waals surface area contributed by atoms with E-state index in [1.807, 2.05) is 0 Å². The molecule has 1 heterocycles. The first-order valence-electron chi connectivity index (χ1n) is 6.48. The van der Waals surface area contributed by atoms with Gasteiger partial charge in [-0.25, -0.2) is 4.98 Å². The zero-order chi connectivity index (χ0) is 13.3. The third-order valence-electron chi connectivity index (χ3n) is 3.65. The number of imidazole rings is 1. The summed E-state index contributed by atoms with van der Waals surface area (Å²) in [6.07, 6.45) is 1.14. The summed E-state index contributed by atoms with van der Waals surface area (Å²) >= 11 is 6.03. The molecule has 2 aromatic rings. The summed E-state index contributed by atoms with van der Waals surface area (Å²) in [5.74, 6) is 1.44. The van der Waals surface area contributed by atoms with Crippen molar-refractivity contribution < 1.29 is 0 Å². The Hall–Kier alpha value is -1.02. The van der Waals surface area contributed by atoms with Crippen LogP contribution in [0.25, 0.3) is 11.0 Å².